The van der Waals surface area contributed by atoms with Crippen molar-refractivity contribution in [2.45, 2.75) is 10.5 Å². The summed E-state index contributed by atoms with van der Waals surface area (Å²) in [5, 5.41) is 9.99. The summed E-state index contributed by atoms with van der Waals surface area (Å²) in [7, 11) is 0. The molecule has 0 aliphatic heterocycles. The molecule has 102 valence electrons. The number of hydrogen-bond acceptors (Lipinski definition) is 4. The molecule has 0 radical (unpaired) electrons. The zero-order valence-corrected chi connectivity index (χ0v) is 12.8. The van der Waals surface area contributed by atoms with Crippen LogP contribution in [0.25, 0.3) is 11.3 Å². The molecule has 1 aromatic carbocycles. The first-order chi connectivity index (χ1) is 9.60. The van der Waals surface area contributed by atoms with Gasteiger partial charge in [0, 0.05) is 10.9 Å². The third-order valence-corrected chi connectivity index (χ3v) is 3.86. The van der Waals surface area contributed by atoms with E-state index in [1.807, 2.05) is 6.07 Å². The minimum absolute atomic E-state index is 0.115. The van der Waals surface area contributed by atoms with Gasteiger partial charge in [0.25, 0.3) is 5.56 Å². The van der Waals surface area contributed by atoms with Gasteiger partial charge >= 0.3 is 0 Å². The summed E-state index contributed by atoms with van der Waals surface area (Å²) >= 11 is 4.55. The summed E-state index contributed by atoms with van der Waals surface area (Å²) in [6, 6.07) is 6.04. The molecule has 0 spiro atoms. The van der Waals surface area contributed by atoms with Gasteiger partial charge in [-0.1, -0.05) is 33.8 Å². The van der Waals surface area contributed by atoms with Crippen molar-refractivity contribution in [3.05, 3.63) is 45.5 Å². The maximum Gasteiger partial charge on any atom is 0.270 e. The predicted octanol–water partition coefficient (Wildman–Crippen LogP) is 3.06. The number of nitrogens with zero attached hydrogens (tertiary/aromatic N) is 2. The van der Waals surface area contributed by atoms with E-state index in [0.717, 1.165) is 5.56 Å². The van der Waals surface area contributed by atoms with E-state index in [1.54, 1.807) is 12.3 Å². The lowest BCUT2D eigenvalue weighted by molar-refractivity contribution is 0.627. The van der Waals surface area contributed by atoms with Crippen LogP contribution in [0.4, 0.5) is 4.39 Å². The molecule has 1 N–H and O–H groups in total. The maximum absolute atomic E-state index is 13.5. The maximum atomic E-state index is 13.5. The fourth-order valence-electron chi connectivity index (χ4n) is 1.73. The first kappa shape index (κ1) is 14.8. The van der Waals surface area contributed by atoms with Crippen LogP contribution in [0.3, 0.4) is 0 Å². The molecule has 2 aromatic rings. The Balaban J connectivity index is 2.81. The van der Waals surface area contributed by atoms with Crippen molar-refractivity contribution in [2.75, 3.05) is 6.26 Å². The molecule has 0 aliphatic carbocycles. The smallest absolute Gasteiger partial charge is 0.270 e. The van der Waals surface area contributed by atoms with Gasteiger partial charge in [-0.25, -0.2) is 9.37 Å². The number of hydrogen-bond donors (Lipinski definition) is 1. The molecule has 0 fully saturated rings. The Morgan fingerprint density at radius 2 is 2.30 bits per heavy atom. The molecule has 0 bridgehead atoms. The molecule has 0 saturated carbocycles. The molecule has 0 atom stereocenters. The predicted molar refractivity (Wildman–Crippen MR) is 79.4 cm³/mol. The lowest BCUT2D eigenvalue weighted by Gasteiger charge is -2.09. The van der Waals surface area contributed by atoms with Gasteiger partial charge in [-0.05, 0) is 24.0 Å². The van der Waals surface area contributed by atoms with Crippen LogP contribution in [0.2, 0.25) is 0 Å². The number of aromatic amines is 1. The van der Waals surface area contributed by atoms with Crippen molar-refractivity contribution < 1.29 is 4.39 Å². The minimum Gasteiger partial charge on any atom is -0.300 e. The third-order valence-electron chi connectivity index (χ3n) is 2.67. The Bertz CT molecular complexity index is 754. The quantitative estimate of drug-likeness (QED) is 0.523. The van der Waals surface area contributed by atoms with Crippen molar-refractivity contribution in [1.82, 2.24) is 9.97 Å². The SMILES string of the molecule is CSc1nc(-c2cc(F)ccc2CBr)c(C#N)c(=O)[nH]1. The van der Waals surface area contributed by atoms with Gasteiger partial charge in [0.15, 0.2) is 5.16 Å². The van der Waals surface area contributed by atoms with E-state index < -0.39 is 11.4 Å². The molecule has 20 heavy (non-hydrogen) atoms. The number of nitrogens with one attached hydrogen (secondary N) is 1. The molecule has 1 aromatic heterocycles. The van der Waals surface area contributed by atoms with Gasteiger partial charge in [-0.3, -0.25) is 4.79 Å². The van der Waals surface area contributed by atoms with Gasteiger partial charge in [0.05, 0.1) is 5.69 Å². The van der Waals surface area contributed by atoms with Gasteiger partial charge in [0.1, 0.15) is 17.4 Å². The Morgan fingerprint density at radius 3 is 2.90 bits per heavy atom. The molecular weight excluding hydrogens is 345 g/mol. The first-order valence-corrected chi connectivity index (χ1v) is 7.88. The highest BCUT2D eigenvalue weighted by Gasteiger charge is 2.16. The van der Waals surface area contributed by atoms with Crippen molar-refractivity contribution in [3.8, 4) is 17.3 Å². The summed E-state index contributed by atoms with van der Waals surface area (Å²) in [6.45, 7) is 0. The summed E-state index contributed by atoms with van der Waals surface area (Å²) in [5.41, 5.74) is 0.768. The fourth-order valence-corrected chi connectivity index (χ4v) is 2.60. The molecule has 0 saturated heterocycles. The van der Waals surface area contributed by atoms with Crippen molar-refractivity contribution >= 4 is 27.7 Å². The standard InChI is InChI=1S/C13H9BrFN3OS/c1-20-13-17-11(10(6-16)12(19)18-13)9-4-8(15)3-2-7(9)5-14/h2-4H,5H2,1H3,(H,17,18,19). The number of thioether (sulfide) groups is 1. The highest BCUT2D eigenvalue weighted by atomic mass is 79.9. The third kappa shape index (κ3) is 2.76. The zero-order valence-electron chi connectivity index (χ0n) is 10.4. The van der Waals surface area contributed by atoms with Crippen molar-refractivity contribution in [3.63, 3.8) is 0 Å². The molecule has 2 rings (SSSR count). The number of benzene rings is 1. The van der Waals surface area contributed by atoms with E-state index >= 15 is 0 Å². The van der Waals surface area contributed by atoms with Crippen LogP contribution in [0.1, 0.15) is 11.1 Å². The summed E-state index contributed by atoms with van der Waals surface area (Å²) in [4.78, 5) is 18.6. The Labute approximate surface area is 127 Å². The minimum atomic E-state index is -0.522. The number of nitriles is 1. The molecule has 1 heterocycles. The lowest BCUT2D eigenvalue weighted by Crippen LogP contribution is -2.15. The van der Waals surface area contributed by atoms with Gasteiger partial charge in [-0.15, -0.1) is 0 Å². The van der Waals surface area contributed by atoms with E-state index in [9.17, 15) is 9.18 Å². The number of rotatable bonds is 3. The van der Waals surface area contributed by atoms with Crippen LogP contribution in [-0.4, -0.2) is 16.2 Å². The normalized spacial score (nSPS) is 10.3. The Morgan fingerprint density at radius 1 is 1.55 bits per heavy atom. The molecule has 4 nitrogen and oxygen atoms in total. The van der Waals surface area contributed by atoms with E-state index in [0.29, 0.717) is 16.0 Å². The van der Waals surface area contributed by atoms with E-state index in [4.69, 9.17) is 5.26 Å². The molecule has 0 unspecified atom stereocenters. The van der Waals surface area contributed by atoms with Gasteiger partial charge < -0.3 is 4.98 Å². The topological polar surface area (TPSA) is 69.5 Å². The van der Waals surface area contributed by atoms with Crippen LogP contribution >= 0.6 is 27.7 Å². The molecule has 0 amide bonds. The van der Waals surface area contributed by atoms with Crippen molar-refractivity contribution in [1.29, 1.82) is 5.26 Å². The average Bonchev–Trinajstić information content (AvgIpc) is 2.46. The number of halogens is 2. The zero-order chi connectivity index (χ0) is 14.7. The van der Waals surface area contributed by atoms with Crippen LogP contribution in [0.5, 0.6) is 0 Å². The molecule has 0 aliphatic rings. The Kier molecular flexibility index (Phi) is 4.57. The largest absolute Gasteiger partial charge is 0.300 e. The number of alkyl halides is 1. The summed E-state index contributed by atoms with van der Waals surface area (Å²) in [6.07, 6.45) is 1.76. The average molecular weight is 354 g/mol. The molecular formula is C13H9BrFN3OS. The van der Waals surface area contributed by atoms with E-state index in [-0.39, 0.29) is 11.3 Å². The fraction of sp³-hybridized carbons (Fsp3) is 0.154. The second-order valence-corrected chi connectivity index (χ2v) is 5.20. The number of H-pyrrole nitrogens is 1. The second kappa shape index (κ2) is 6.20. The Hall–Kier alpha value is -1.65. The van der Waals surface area contributed by atoms with Gasteiger partial charge in [0.2, 0.25) is 0 Å². The van der Waals surface area contributed by atoms with Crippen LogP contribution in [0.15, 0.2) is 28.2 Å². The van der Waals surface area contributed by atoms with Crippen LogP contribution in [0, 0.1) is 17.1 Å². The highest BCUT2D eigenvalue weighted by molar-refractivity contribution is 9.08. The lowest BCUT2D eigenvalue weighted by atomic mass is 10.0. The second-order valence-electron chi connectivity index (χ2n) is 3.85. The van der Waals surface area contributed by atoms with Crippen LogP contribution in [-0.2, 0) is 5.33 Å². The van der Waals surface area contributed by atoms with Gasteiger partial charge in [-0.2, -0.15) is 5.26 Å². The monoisotopic (exact) mass is 353 g/mol. The van der Waals surface area contributed by atoms with Crippen LogP contribution < -0.4 is 5.56 Å². The van der Waals surface area contributed by atoms with Crippen molar-refractivity contribution in [2.24, 2.45) is 0 Å². The summed E-state index contributed by atoms with van der Waals surface area (Å²) < 4.78 is 13.5. The van der Waals surface area contributed by atoms with E-state index in [2.05, 4.69) is 25.9 Å². The summed E-state index contributed by atoms with van der Waals surface area (Å²) in [5.74, 6) is -0.443. The molecule has 7 heteroatoms. The highest BCUT2D eigenvalue weighted by Crippen LogP contribution is 2.27. The van der Waals surface area contributed by atoms with E-state index in [1.165, 1.54) is 23.9 Å². The number of aromatic nitrogens is 2. The first-order valence-electron chi connectivity index (χ1n) is 5.54.